The molecule has 29 heavy (non-hydrogen) atoms. The molecule has 1 heterocycles. The number of anilines is 2. The highest BCUT2D eigenvalue weighted by atomic mass is 19.2. The van der Waals surface area contributed by atoms with E-state index in [4.69, 9.17) is 0 Å². The molecule has 3 amide bonds. The number of halogens is 2. The normalized spacial score (nSPS) is 16.0. The zero-order chi connectivity index (χ0) is 21.0. The van der Waals surface area contributed by atoms with Crippen molar-refractivity contribution < 1.29 is 23.2 Å². The summed E-state index contributed by atoms with van der Waals surface area (Å²) >= 11 is 0. The average Bonchev–Trinajstić information content (AvgIpc) is 3.11. The van der Waals surface area contributed by atoms with Gasteiger partial charge in [-0.1, -0.05) is 19.1 Å². The third-order valence-corrected chi connectivity index (χ3v) is 4.78. The van der Waals surface area contributed by atoms with E-state index in [0.717, 1.165) is 29.8 Å². The molecular weight excluding hydrogens is 380 g/mol. The van der Waals surface area contributed by atoms with Crippen LogP contribution in [0, 0.1) is 17.6 Å². The monoisotopic (exact) mass is 401 g/mol. The molecule has 2 aromatic carbocycles. The Morgan fingerprint density at radius 2 is 1.83 bits per heavy atom. The van der Waals surface area contributed by atoms with E-state index < -0.39 is 29.4 Å². The summed E-state index contributed by atoms with van der Waals surface area (Å²) in [5.74, 6) is -3.81. The fourth-order valence-corrected chi connectivity index (χ4v) is 3.14. The lowest BCUT2D eigenvalue weighted by Gasteiger charge is -2.17. The zero-order valence-corrected chi connectivity index (χ0v) is 15.9. The van der Waals surface area contributed by atoms with Crippen LogP contribution in [0.15, 0.2) is 42.5 Å². The van der Waals surface area contributed by atoms with Gasteiger partial charge >= 0.3 is 0 Å². The van der Waals surface area contributed by atoms with Crippen molar-refractivity contribution in [3.63, 3.8) is 0 Å². The number of carbonyl (C=O) groups is 3. The van der Waals surface area contributed by atoms with Crippen LogP contribution in [0.25, 0.3) is 0 Å². The minimum absolute atomic E-state index is 0.0617. The van der Waals surface area contributed by atoms with Crippen LogP contribution < -0.4 is 15.5 Å². The molecule has 0 saturated carbocycles. The first-order valence-electron chi connectivity index (χ1n) is 9.29. The van der Waals surface area contributed by atoms with Gasteiger partial charge in [-0.2, -0.15) is 0 Å². The van der Waals surface area contributed by atoms with Crippen LogP contribution in [0.3, 0.4) is 0 Å². The number of nitrogens with zero attached hydrogens (tertiary/aromatic N) is 1. The molecule has 1 unspecified atom stereocenters. The molecule has 2 aromatic rings. The van der Waals surface area contributed by atoms with Crippen molar-refractivity contribution in [3.05, 3.63) is 59.7 Å². The second-order valence-electron chi connectivity index (χ2n) is 6.82. The van der Waals surface area contributed by atoms with Gasteiger partial charge in [0.1, 0.15) is 0 Å². The van der Waals surface area contributed by atoms with Gasteiger partial charge in [0.2, 0.25) is 17.7 Å². The van der Waals surface area contributed by atoms with Crippen LogP contribution in [0.4, 0.5) is 20.2 Å². The first kappa shape index (κ1) is 20.4. The van der Waals surface area contributed by atoms with Crippen LogP contribution >= 0.6 is 0 Å². The van der Waals surface area contributed by atoms with Gasteiger partial charge in [-0.25, -0.2) is 8.78 Å². The number of hydrogen-bond donors (Lipinski definition) is 2. The first-order valence-corrected chi connectivity index (χ1v) is 9.29. The molecule has 1 saturated heterocycles. The summed E-state index contributed by atoms with van der Waals surface area (Å²) in [5.41, 5.74) is 1.97. The van der Waals surface area contributed by atoms with Gasteiger partial charge in [-0.15, -0.1) is 0 Å². The molecule has 1 fully saturated rings. The summed E-state index contributed by atoms with van der Waals surface area (Å²) in [6.45, 7) is 1.94. The maximum atomic E-state index is 13.2. The van der Waals surface area contributed by atoms with E-state index in [-0.39, 0.29) is 31.1 Å². The number of nitrogens with one attached hydrogen (secondary N) is 2. The molecule has 3 rings (SSSR count). The van der Waals surface area contributed by atoms with Gasteiger partial charge in [0.05, 0.1) is 12.5 Å². The summed E-state index contributed by atoms with van der Waals surface area (Å²) in [6, 6.07) is 10.6. The number of carbonyl (C=O) groups excluding carboxylic acids is 3. The number of aryl methyl sites for hydroxylation is 1. The number of benzene rings is 2. The third kappa shape index (κ3) is 4.96. The lowest BCUT2D eigenvalue weighted by molar-refractivity contribution is -0.127. The fraction of sp³-hybridized carbons (Fsp3) is 0.286. The highest BCUT2D eigenvalue weighted by molar-refractivity contribution is 6.01. The molecule has 1 aliphatic heterocycles. The van der Waals surface area contributed by atoms with Crippen LogP contribution in [-0.2, 0) is 20.8 Å². The van der Waals surface area contributed by atoms with Gasteiger partial charge in [-0.05, 0) is 36.2 Å². The van der Waals surface area contributed by atoms with Crippen LogP contribution in [0.5, 0.6) is 0 Å². The van der Waals surface area contributed by atoms with Crippen molar-refractivity contribution in [2.24, 2.45) is 5.92 Å². The lowest BCUT2D eigenvalue weighted by Crippen LogP contribution is -2.37. The molecule has 6 nitrogen and oxygen atoms in total. The topological polar surface area (TPSA) is 78.5 Å². The summed E-state index contributed by atoms with van der Waals surface area (Å²) in [5, 5.41) is 4.86. The average molecular weight is 401 g/mol. The maximum Gasteiger partial charge on any atom is 0.243 e. The molecule has 0 aromatic heterocycles. The highest BCUT2D eigenvalue weighted by Gasteiger charge is 2.35. The van der Waals surface area contributed by atoms with E-state index in [1.807, 2.05) is 31.2 Å². The Balaban J connectivity index is 1.52. The second kappa shape index (κ2) is 8.81. The Kier molecular flexibility index (Phi) is 6.21. The molecule has 0 radical (unpaired) electrons. The third-order valence-electron chi connectivity index (χ3n) is 4.78. The number of hydrogen-bond acceptors (Lipinski definition) is 3. The Morgan fingerprint density at radius 3 is 2.48 bits per heavy atom. The van der Waals surface area contributed by atoms with Crippen molar-refractivity contribution in [3.8, 4) is 0 Å². The van der Waals surface area contributed by atoms with Crippen LogP contribution in [-0.4, -0.2) is 30.8 Å². The molecule has 2 N–H and O–H groups in total. The van der Waals surface area contributed by atoms with E-state index in [2.05, 4.69) is 10.6 Å². The predicted octanol–water partition coefficient (Wildman–Crippen LogP) is 2.64. The minimum atomic E-state index is -1.08. The van der Waals surface area contributed by atoms with E-state index in [0.29, 0.717) is 0 Å². The zero-order valence-electron chi connectivity index (χ0n) is 15.9. The number of amides is 3. The molecule has 8 heteroatoms. The molecule has 0 bridgehead atoms. The largest absolute Gasteiger partial charge is 0.347 e. The standard InChI is InChI=1S/C21H21F2N3O3/c1-2-13-3-6-16(7-4-13)26-12-14(9-20(26)28)21(29)24-11-19(27)25-15-5-8-17(22)18(23)10-15/h3-8,10,14H,2,9,11-12H2,1H3,(H,24,29)(H,25,27). The van der Waals surface area contributed by atoms with Gasteiger partial charge in [-0.3, -0.25) is 14.4 Å². The van der Waals surface area contributed by atoms with E-state index in [1.165, 1.54) is 6.07 Å². The van der Waals surface area contributed by atoms with E-state index in [9.17, 15) is 23.2 Å². The van der Waals surface area contributed by atoms with Crippen molar-refractivity contribution >= 4 is 29.1 Å². The minimum Gasteiger partial charge on any atom is -0.347 e. The Labute approximate surface area is 166 Å². The summed E-state index contributed by atoms with van der Waals surface area (Å²) in [7, 11) is 0. The van der Waals surface area contributed by atoms with Crippen LogP contribution in [0.1, 0.15) is 18.9 Å². The Hall–Kier alpha value is -3.29. The van der Waals surface area contributed by atoms with Crippen molar-refractivity contribution in [2.75, 3.05) is 23.3 Å². The fourth-order valence-electron chi connectivity index (χ4n) is 3.14. The first-order chi connectivity index (χ1) is 13.9. The van der Waals surface area contributed by atoms with Crippen molar-refractivity contribution in [2.45, 2.75) is 19.8 Å². The summed E-state index contributed by atoms with van der Waals surface area (Å²) < 4.78 is 26.1. The Morgan fingerprint density at radius 1 is 1.10 bits per heavy atom. The van der Waals surface area contributed by atoms with Gasteiger partial charge in [0, 0.05) is 30.4 Å². The summed E-state index contributed by atoms with van der Waals surface area (Å²) in [6.07, 6.45) is 0.956. The lowest BCUT2D eigenvalue weighted by atomic mass is 10.1. The predicted molar refractivity (Wildman–Crippen MR) is 104 cm³/mol. The molecule has 152 valence electrons. The van der Waals surface area contributed by atoms with Gasteiger partial charge in [0.15, 0.2) is 11.6 Å². The highest BCUT2D eigenvalue weighted by Crippen LogP contribution is 2.25. The van der Waals surface area contributed by atoms with Crippen LogP contribution in [0.2, 0.25) is 0 Å². The Bertz CT molecular complexity index is 931. The molecule has 1 aliphatic rings. The second-order valence-corrected chi connectivity index (χ2v) is 6.82. The summed E-state index contributed by atoms with van der Waals surface area (Å²) in [4.78, 5) is 38.1. The van der Waals surface area contributed by atoms with Crippen molar-refractivity contribution in [1.82, 2.24) is 5.32 Å². The van der Waals surface area contributed by atoms with E-state index >= 15 is 0 Å². The van der Waals surface area contributed by atoms with Crippen molar-refractivity contribution in [1.29, 1.82) is 0 Å². The SMILES string of the molecule is CCc1ccc(N2CC(C(=O)NCC(=O)Nc3ccc(F)c(F)c3)CC2=O)cc1. The molecule has 0 aliphatic carbocycles. The van der Waals surface area contributed by atoms with E-state index in [1.54, 1.807) is 4.90 Å². The quantitative estimate of drug-likeness (QED) is 0.781. The smallest absolute Gasteiger partial charge is 0.243 e. The van der Waals surface area contributed by atoms with Gasteiger partial charge < -0.3 is 15.5 Å². The molecule has 1 atom stereocenters. The number of rotatable bonds is 6. The van der Waals surface area contributed by atoms with Gasteiger partial charge in [0.25, 0.3) is 0 Å². The molecule has 0 spiro atoms. The maximum absolute atomic E-state index is 13.2. The molecular formula is C21H21F2N3O3.